The first-order chi connectivity index (χ1) is 11.9. The molecular weight excluding hydrogens is 316 g/mol. The van der Waals surface area contributed by atoms with E-state index >= 15 is 0 Å². The molecule has 2 amide bonds. The number of rotatable bonds is 3. The Morgan fingerprint density at radius 2 is 2.08 bits per heavy atom. The standard InChI is InChI=1S/C20H28N2O3/c1-14(2)12-15-4-6-16(7-5-15)18(24)22-11-8-17(23)20(13-22)9-3-10-21-19(20)25/h4-7,14,17,23H,3,8-13H2,1-2H3,(H,21,25)/t17-,20-/m1/s1. The predicted octanol–water partition coefficient (Wildman–Crippen LogP) is 1.99. The third kappa shape index (κ3) is 3.56. The van der Waals surface area contributed by atoms with Crippen LogP contribution in [0.2, 0.25) is 0 Å². The number of amides is 2. The lowest BCUT2D eigenvalue weighted by atomic mass is 9.71. The summed E-state index contributed by atoms with van der Waals surface area (Å²) >= 11 is 0. The van der Waals surface area contributed by atoms with E-state index in [9.17, 15) is 14.7 Å². The van der Waals surface area contributed by atoms with Gasteiger partial charge in [0.1, 0.15) is 0 Å². The molecule has 0 radical (unpaired) electrons. The van der Waals surface area contributed by atoms with E-state index in [1.54, 1.807) is 4.90 Å². The van der Waals surface area contributed by atoms with Crippen LogP contribution in [0.15, 0.2) is 24.3 Å². The number of carbonyl (C=O) groups is 2. The van der Waals surface area contributed by atoms with Crippen LogP contribution in [0.3, 0.4) is 0 Å². The molecule has 0 aromatic heterocycles. The summed E-state index contributed by atoms with van der Waals surface area (Å²) in [4.78, 5) is 27.0. The van der Waals surface area contributed by atoms with Gasteiger partial charge in [0.15, 0.2) is 0 Å². The highest BCUT2D eigenvalue weighted by Crippen LogP contribution is 2.37. The lowest BCUT2D eigenvalue weighted by Gasteiger charge is -2.46. The van der Waals surface area contributed by atoms with Gasteiger partial charge in [-0.05, 0) is 49.3 Å². The zero-order valence-corrected chi connectivity index (χ0v) is 15.1. The van der Waals surface area contributed by atoms with E-state index in [0.717, 1.165) is 12.8 Å². The quantitative estimate of drug-likeness (QED) is 0.881. The molecule has 2 saturated heterocycles. The van der Waals surface area contributed by atoms with Crippen molar-refractivity contribution in [2.45, 2.75) is 45.6 Å². The van der Waals surface area contributed by atoms with Crippen molar-refractivity contribution in [1.29, 1.82) is 0 Å². The number of nitrogens with zero attached hydrogens (tertiary/aromatic N) is 1. The van der Waals surface area contributed by atoms with Crippen LogP contribution in [0, 0.1) is 11.3 Å². The van der Waals surface area contributed by atoms with Crippen molar-refractivity contribution in [1.82, 2.24) is 10.2 Å². The number of nitrogens with one attached hydrogen (secondary N) is 1. The lowest BCUT2D eigenvalue weighted by Crippen LogP contribution is -2.62. The molecule has 136 valence electrons. The molecule has 5 nitrogen and oxygen atoms in total. The van der Waals surface area contributed by atoms with Crippen molar-refractivity contribution in [3.8, 4) is 0 Å². The molecule has 0 bridgehead atoms. The smallest absolute Gasteiger partial charge is 0.253 e. The van der Waals surface area contributed by atoms with E-state index in [-0.39, 0.29) is 11.8 Å². The second-order valence-electron chi connectivity index (χ2n) is 7.84. The Hall–Kier alpha value is -1.88. The summed E-state index contributed by atoms with van der Waals surface area (Å²) < 4.78 is 0. The van der Waals surface area contributed by atoms with Gasteiger partial charge in [0.2, 0.25) is 5.91 Å². The van der Waals surface area contributed by atoms with Crippen LogP contribution in [-0.4, -0.2) is 47.6 Å². The highest BCUT2D eigenvalue weighted by atomic mass is 16.3. The Bertz CT molecular complexity index is 641. The molecule has 3 rings (SSSR count). The lowest BCUT2D eigenvalue weighted by molar-refractivity contribution is -0.147. The normalized spacial score (nSPS) is 26.8. The van der Waals surface area contributed by atoms with E-state index < -0.39 is 11.5 Å². The van der Waals surface area contributed by atoms with Crippen molar-refractivity contribution < 1.29 is 14.7 Å². The first-order valence-corrected chi connectivity index (χ1v) is 9.27. The molecule has 5 heteroatoms. The minimum absolute atomic E-state index is 0.0549. The molecule has 2 atom stereocenters. The monoisotopic (exact) mass is 344 g/mol. The van der Waals surface area contributed by atoms with Gasteiger partial charge in [-0.15, -0.1) is 0 Å². The Morgan fingerprint density at radius 1 is 1.36 bits per heavy atom. The zero-order chi connectivity index (χ0) is 18.0. The summed E-state index contributed by atoms with van der Waals surface area (Å²) in [6.07, 6.45) is 2.25. The van der Waals surface area contributed by atoms with Gasteiger partial charge in [-0.2, -0.15) is 0 Å². The largest absolute Gasteiger partial charge is 0.392 e. The van der Waals surface area contributed by atoms with Gasteiger partial charge < -0.3 is 15.3 Å². The summed E-state index contributed by atoms with van der Waals surface area (Å²) in [7, 11) is 0. The molecule has 1 aromatic carbocycles. The van der Waals surface area contributed by atoms with Gasteiger partial charge in [-0.25, -0.2) is 0 Å². The van der Waals surface area contributed by atoms with Crippen molar-refractivity contribution in [3.63, 3.8) is 0 Å². The fourth-order valence-electron chi connectivity index (χ4n) is 4.05. The number of hydrogen-bond acceptors (Lipinski definition) is 3. The van der Waals surface area contributed by atoms with Gasteiger partial charge in [0.25, 0.3) is 5.91 Å². The van der Waals surface area contributed by atoms with Crippen LogP contribution in [0.5, 0.6) is 0 Å². The third-order valence-corrected chi connectivity index (χ3v) is 5.45. The molecule has 25 heavy (non-hydrogen) atoms. The van der Waals surface area contributed by atoms with Gasteiger partial charge in [0, 0.05) is 25.2 Å². The average molecular weight is 344 g/mol. The van der Waals surface area contributed by atoms with Crippen LogP contribution in [0.4, 0.5) is 0 Å². The van der Waals surface area contributed by atoms with Crippen LogP contribution in [0.25, 0.3) is 0 Å². The first kappa shape index (κ1) is 17.9. The Morgan fingerprint density at radius 3 is 2.72 bits per heavy atom. The highest BCUT2D eigenvalue weighted by Gasteiger charge is 2.50. The summed E-state index contributed by atoms with van der Waals surface area (Å²) in [6.45, 7) is 5.79. The second kappa shape index (κ2) is 7.16. The maximum atomic E-state index is 12.9. The molecule has 0 saturated carbocycles. The summed E-state index contributed by atoms with van der Waals surface area (Å²) in [5.74, 6) is 0.409. The molecule has 2 aliphatic rings. The van der Waals surface area contributed by atoms with Crippen LogP contribution < -0.4 is 5.32 Å². The van der Waals surface area contributed by atoms with Crippen molar-refractivity contribution in [2.75, 3.05) is 19.6 Å². The van der Waals surface area contributed by atoms with Gasteiger partial charge in [-0.3, -0.25) is 9.59 Å². The number of hydrogen-bond donors (Lipinski definition) is 2. The third-order valence-electron chi connectivity index (χ3n) is 5.45. The molecule has 0 aliphatic carbocycles. The van der Waals surface area contributed by atoms with E-state index in [4.69, 9.17) is 0 Å². The molecule has 1 spiro atoms. The first-order valence-electron chi connectivity index (χ1n) is 9.27. The van der Waals surface area contributed by atoms with Crippen LogP contribution >= 0.6 is 0 Å². The minimum atomic E-state index is -0.844. The predicted molar refractivity (Wildman–Crippen MR) is 96.2 cm³/mol. The number of aliphatic hydroxyl groups is 1. The Balaban J connectivity index is 1.75. The van der Waals surface area contributed by atoms with Gasteiger partial charge >= 0.3 is 0 Å². The van der Waals surface area contributed by atoms with E-state index in [1.807, 2.05) is 24.3 Å². The SMILES string of the molecule is CC(C)Cc1ccc(C(=O)N2CC[C@@H](O)[C@@]3(CCCNC3=O)C2)cc1. The van der Waals surface area contributed by atoms with E-state index in [1.165, 1.54) is 5.56 Å². The molecule has 1 aromatic rings. The van der Waals surface area contributed by atoms with Gasteiger partial charge in [-0.1, -0.05) is 26.0 Å². The number of likely N-dealkylation sites (tertiary alicyclic amines) is 1. The maximum absolute atomic E-state index is 12.9. The summed E-state index contributed by atoms with van der Waals surface area (Å²) in [5.41, 5.74) is 1.03. The molecule has 2 fully saturated rings. The minimum Gasteiger partial charge on any atom is -0.392 e. The van der Waals surface area contributed by atoms with E-state index in [2.05, 4.69) is 19.2 Å². The zero-order valence-electron chi connectivity index (χ0n) is 15.1. The number of benzene rings is 1. The maximum Gasteiger partial charge on any atom is 0.253 e. The molecule has 0 unspecified atom stereocenters. The summed E-state index contributed by atoms with van der Waals surface area (Å²) in [6, 6.07) is 7.77. The van der Waals surface area contributed by atoms with Crippen molar-refractivity contribution >= 4 is 11.8 Å². The topological polar surface area (TPSA) is 69.6 Å². The number of carbonyl (C=O) groups excluding carboxylic acids is 2. The molecule has 2 N–H and O–H groups in total. The van der Waals surface area contributed by atoms with Crippen LogP contribution in [-0.2, 0) is 11.2 Å². The fourth-order valence-corrected chi connectivity index (χ4v) is 4.05. The Kier molecular flexibility index (Phi) is 5.13. The van der Waals surface area contributed by atoms with Crippen LogP contribution in [0.1, 0.15) is 49.0 Å². The van der Waals surface area contributed by atoms with Crippen molar-refractivity contribution in [3.05, 3.63) is 35.4 Å². The highest BCUT2D eigenvalue weighted by molar-refractivity contribution is 5.95. The second-order valence-corrected chi connectivity index (χ2v) is 7.84. The molecular formula is C20H28N2O3. The fraction of sp³-hybridized carbons (Fsp3) is 0.600. The molecule has 2 heterocycles. The van der Waals surface area contributed by atoms with Gasteiger partial charge in [0.05, 0.1) is 11.5 Å². The van der Waals surface area contributed by atoms with Crippen molar-refractivity contribution in [2.24, 2.45) is 11.3 Å². The van der Waals surface area contributed by atoms with E-state index in [0.29, 0.717) is 44.0 Å². The molecule has 2 aliphatic heterocycles. The number of piperidine rings is 2. The Labute approximate surface area is 149 Å². The number of aliphatic hydroxyl groups excluding tert-OH is 1. The summed E-state index contributed by atoms with van der Waals surface area (Å²) in [5, 5.41) is 13.3. The average Bonchev–Trinajstić information content (AvgIpc) is 2.59.